The van der Waals surface area contributed by atoms with Gasteiger partial charge < -0.3 is 4.74 Å². The Labute approximate surface area is 155 Å². The van der Waals surface area contributed by atoms with Crippen LogP contribution in [0, 0.1) is 0 Å². The van der Waals surface area contributed by atoms with E-state index in [1.807, 2.05) is 36.4 Å². The van der Waals surface area contributed by atoms with E-state index in [1.165, 1.54) is 6.92 Å². The Hall–Kier alpha value is -2.12. The number of fused-ring (bicyclic) bond motifs is 1. The fourth-order valence-electron chi connectivity index (χ4n) is 2.77. The average molecular weight is 378 g/mol. The van der Waals surface area contributed by atoms with Crippen LogP contribution < -0.4 is 9.46 Å². The molecule has 6 nitrogen and oxygen atoms in total. The first-order valence-corrected chi connectivity index (χ1v) is 9.85. The van der Waals surface area contributed by atoms with Crippen LogP contribution >= 0.6 is 0 Å². The van der Waals surface area contributed by atoms with Crippen molar-refractivity contribution < 1.29 is 17.9 Å². The van der Waals surface area contributed by atoms with Crippen molar-refractivity contribution in [1.29, 1.82) is 0 Å². The minimum Gasteiger partial charge on any atom is -0.497 e. The molecule has 0 aliphatic heterocycles. The molecule has 7 heteroatoms. The third-order valence-corrected chi connectivity index (χ3v) is 5.73. The van der Waals surface area contributed by atoms with E-state index in [9.17, 15) is 13.2 Å². The van der Waals surface area contributed by atoms with Crippen molar-refractivity contribution in [2.45, 2.75) is 39.7 Å². The molecular formula is C19H26N2O4S. The number of carbonyl (C=O) groups is 1. The first-order chi connectivity index (χ1) is 12.0. The van der Waals surface area contributed by atoms with Gasteiger partial charge >= 0.3 is 10.2 Å². The summed E-state index contributed by atoms with van der Waals surface area (Å²) in [7, 11) is -2.30. The maximum atomic E-state index is 12.5. The molecule has 0 aliphatic rings. The number of rotatable bonds is 6. The summed E-state index contributed by atoms with van der Waals surface area (Å²) in [6.07, 6.45) is 0.412. The summed E-state index contributed by atoms with van der Waals surface area (Å²) in [4.78, 5) is 11.9. The molecule has 142 valence electrons. The molecule has 2 aromatic rings. The Bertz CT molecular complexity index is 901. The second-order valence-corrected chi connectivity index (χ2v) is 8.80. The first-order valence-electron chi connectivity index (χ1n) is 8.41. The number of amides is 1. The van der Waals surface area contributed by atoms with Gasteiger partial charge in [0.05, 0.1) is 7.11 Å². The normalized spacial score (nSPS) is 12.2. The quantitative estimate of drug-likeness (QED) is 0.839. The zero-order chi connectivity index (χ0) is 19.5. The van der Waals surface area contributed by atoms with E-state index in [-0.39, 0.29) is 6.54 Å². The van der Waals surface area contributed by atoms with E-state index in [2.05, 4.69) is 4.72 Å². The zero-order valence-electron chi connectivity index (χ0n) is 15.9. The molecule has 0 spiro atoms. The van der Waals surface area contributed by atoms with Crippen LogP contribution in [0.5, 0.6) is 5.75 Å². The molecule has 0 unspecified atom stereocenters. The minimum atomic E-state index is -3.91. The molecule has 1 amide bonds. The second-order valence-electron chi connectivity index (χ2n) is 7.20. The Kier molecular flexibility index (Phi) is 5.93. The summed E-state index contributed by atoms with van der Waals surface area (Å²) < 4.78 is 33.8. The highest BCUT2D eigenvalue weighted by atomic mass is 32.2. The van der Waals surface area contributed by atoms with Gasteiger partial charge in [-0.1, -0.05) is 24.3 Å². The van der Waals surface area contributed by atoms with Gasteiger partial charge in [-0.15, -0.1) is 0 Å². The van der Waals surface area contributed by atoms with Gasteiger partial charge in [-0.2, -0.15) is 13.1 Å². The lowest BCUT2D eigenvalue weighted by atomic mass is 10.0. The Morgan fingerprint density at radius 1 is 1.19 bits per heavy atom. The molecule has 0 saturated heterocycles. The zero-order valence-corrected chi connectivity index (χ0v) is 16.7. The third kappa shape index (κ3) is 4.95. The van der Waals surface area contributed by atoms with Gasteiger partial charge in [0.25, 0.3) is 0 Å². The fourth-order valence-corrected chi connectivity index (χ4v) is 4.33. The Balaban J connectivity index is 2.30. The summed E-state index contributed by atoms with van der Waals surface area (Å²) in [5, 5.41) is 2.02. The third-order valence-electron chi connectivity index (χ3n) is 3.84. The maximum absolute atomic E-state index is 12.5. The van der Waals surface area contributed by atoms with Gasteiger partial charge in [0.2, 0.25) is 5.91 Å². The van der Waals surface area contributed by atoms with Crippen molar-refractivity contribution in [3.63, 3.8) is 0 Å². The second kappa shape index (κ2) is 7.63. The molecular weight excluding hydrogens is 352 g/mol. The molecule has 0 aliphatic carbocycles. The first kappa shape index (κ1) is 20.2. The predicted octanol–water partition coefficient (Wildman–Crippen LogP) is 2.87. The standard InChI is InChI=1S/C19H26N2O4S/c1-14(22)21(26(23,24)20-19(2,3)4)12-11-16-8-6-7-15-9-10-17(25-5)13-18(15)16/h6-10,13,20H,11-12H2,1-5H3. The molecule has 0 aromatic heterocycles. The Morgan fingerprint density at radius 2 is 1.88 bits per heavy atom. The van der Waals surface area contributed by atoms with E-state index in [4.69, 9.17) is 4.74 Å². The van der Waals surface area contributed by atoms with Crippen LogP contribution in [0.2, 0.25) is 0 Å². The molecule has 0 atom stereocenters. The topological polar surface area (TPSA) is 75.7 Å². The monoisotopic (exact) mass is 378 g/mol. The highest BCUT2D eigenvalue weighted by molar-refractivity contribution is 7.87. The highest BCUT2D eigenvalue weighted by Gasteiger charge is 2.28. The van der Waals surface area contributed by atoms with Crippen molar-refractivity contribution in [2.24, 2.45) is 0 Å². The van der Waals surface area contributed by atoms with Gasteiger partial charge in [0.1, 0.15) is 5.75 Å². The largest absolute Gasteiger partial charge is 0.497 e. The van der Waals surface area contributed by atoms with Gasteiger partial charge in [-0.25, -0.2) is 4.31 Å². The number of benzene rings is 2. The smallest absolute Gasteiger partial charge is 0.304 e. The number of nitrogens with one attached hydrogen (secondary N) is 1. The SMILES string of the molecule is COc1ccc2cccc(CCN(C(C)=O)S(=O)(=O)NC(C)(C)C)c2c1. The molecule has 0 heterocycles. The summed E-state index contributed by atoms with van der Waals surface area (Å²) in [5.74, 6) is 0.218. The van der Waals surface area contributed by atoms with E-state index in [0.717, 1.165) is 26.4 Å². The molecule has 0 fully saturated rings. The van der Waals surface area contributed by atoms with Crippen LogP contribution in [-0.4, -0.2) is 37.8 Å². The number of methoxy groups -OCH3 is 1. The number of nitrogens with zero attached hydrogens (tertiary/aromatic N) is 1. The van der Waals surface area contributed by atoms with Crippen molar-refractivity contribution in [3.8, 4) is 5.75 Å². The van der Waals surface area contributed by atoms with E-state index in [0.29, 0.717) is 6.42 Å². The Morgan fingerprint density at radius 3 is 2.46 bits per heavy atom. The predicted molar refractivity (Wildman–Crippen MR) is 103 cm³/mol. The molecule has 2 aromatic carbocycles. The van der Waals surface area contributed by atoms with Gasteiger partial charge in [0.15, 0.2) is 0 Å². The van der Waals surface area contributed by atoms with Gasteiger partial charge in [-0.3, -0.25) is 4.79 Å². The average Bonchev–Trinajstić information content (AvgIpc) is 2.51. The lowest BCUT2D eigenvalue weighted by molar-refractivity contribution is -0.124. The molecule has 0 saturated carbocycles. The maximum Gasteiger partial charge on any atom is 0.304 e. The van der Waals surface area contributed by atoms with Crippen LogP contribution in [-0.2, 0) is 21.4 Å². The van der Waals surface area contributed by atoms with E-state index < -0.39 is 21.7 Å². The summed E-state index contributed by atoms with van der Waals surface area (Å²) in [6, 6.07) is 11.6. The number of carbonyl (C=O) groups excluding carboxylic acids is 1. The minimum absolute atomic E-state index is 0.0665. The van der Waals surface area contributed by atoms with Crippen LogP contribution in [0.15, 0.2) is 36.4 Å². The van der Waals surface area contributed by atoms with Crippen LogP contribution in [0.3, 0.4) is 0 Å². The molecule has 0 radical (unpaired) electrons. The van der Waals surface area contributed by atoms with E-state index in [1.54, 1.807) is 27.9 Å². The lowest BCUT2D eigenvalue weighted by Crippen LogP contribution is -2.50. The highest BCUT2D eigenvalue weighted by Crippen LogP contribution is 2.24. The van der Waals surface area contributed by atoms with Crippen molar-refractivity contribution in [1.82, 2.24) is 9.03 Å². The van der Waals surface area contributed by atoms with Crippen molar-refractivity contribution in [3.05, 3.63) is 42.0 Å². The van der Waals surface area contributed by atoms with Crippen LogP contribution in [0.25, 0.3) is 10.8 Å². The number of ether oxygens (including phenoxy) is 1. The number of hydrogen-bond acceptors (Lipinski definition) is 4. The van der Waals surface area contributed by atoms with Crippen LogP contribution in [0.1, 0.15) is 33.3 Å². The van der Waals surface area contributed by atoms with Crippen molar-refractivity contribution in [2.75, 3.05) is 13.7 Å². The fraction of sp³-hybridized carbons (Fsp3) is 0.421. The summed E-state index contributed by atoms with van der Waals surface area (Å²) in [5.41, 5.74) is 0.290. The number of hydrogen-bond donors (Lipinski definition) is 1. The summed E-state index contributed by atoms with van der Waals surface area (Å²) in [6.45, 7) is 6.53. The molecule has 1 N–H and O–H groups in total. The molecule has 26 heavy (non-hydrogen) atoms. The van der Waals surface area contributed by atoms with Crippen molar-refractivity contribution >= 4 is 26.9 Å². The lowest BCUT2D eigenvalue weighted by Gasteiger charge is -2.27. The van der Waals surface area contributed by atoms with E-state index >= 15 is 0 Å². The molecule has 0 bridgehead atoms. The van der Waals surface area contributed by atoms with Gasteiger partial charge in [0, 0.05) is 19.0 Å². The molecule has 2 rings (SSSR count). The van der Waals surface area contributed by atoms with Gasteiger partial charge in [-0.05, 0) is 55.7 Å². The van der Waals surface area contributed by atoms with Crippen LogP contribution in [0.4, 0.5) is 0 Å². The summed E-state index contributed by atoms with van der Waals surface area (Å²) >= 11 is 0.